The second-order valence-electron chi connectivity index (χ2n) is 5.41. The van der Waals surface area contributed by atoms with Crippen LogP contribution in [0.4, 0.5) is 0 Å². The number of hydroxylamine groups is 2. The van der Waals surface area contributed by atoms with Crippen molar-refractivity contribution < 1.29 is 27.9 Å². The minimum Gasteiger partial charge on any atom is -0.454 e. The highest BCUT2D eigenvalue weighted by molar-refractivity contribution is 7.73. The number of carbonyl (C=O) groups is 1. The standard InChI is InChI=1S/C17H15NO6S/c1-11(18(20)9-19)17(25(21)22)13-4-2-12(3-5-13)14-6-7-15-16(8-14)24-10-23-15/h2-9,11,20H,10H2,1H3. The van der Waals surface area contributed by atoms with Crippen LogP contribution in [0.25, 0.3) is 11.1 Å². The lowest BCUT2D eigenvalue weighted by Gasteiger charge is -2.18. The average Bonchev–Trinajstić information content (AvgIpc) is 3.09. The highest BCUT2D eigenvalue weighted by Gasteiger charge is 2.20. The van der Waals surface area contributed by atoms with Gasteiger partial charge in [-0.1, -0.05) is 30.3 Å². The van der Waals surface area contributed by atoms with Crippen LogP contribution in [0, 0.1) is 0 Å². The van der Waals surface area contributed by atoms with E-state index in [0.29, 0.717) is 22.1 Å². The van der Waals surface area contributed by atoms with Crippen LogP contribution in [-0.4, -0.2) is 42.8 Å². The highest BCUT2D eigenvalue weighted by atomic mass is 32.2. The molecule has 7 nitrogen and oxygen atoms in total. The van der Waals surface area contributed by atoms with E-state index in [9.17, 15) is 18.4 Å². The van der Waals surface area contributed by atoms with E-state index in [2.05, 4.69) is 0 Å². The first-order chi connectivity index (χ1) is 12.0. The number of nitrogens with zero attached hydrogens (tertiary/aromatic N) is 1. The fourth-order valence-electron chi connectivity index (χ4n) is 2.59. The molecular weight excluding hydrogens is 346 g/mol. The summed E-state index contributed by atoms with van der Waals surface area (Å²) in [5, 5.41) is 9.79. The zero-order chi connectivity index (χ0) is 18.0. The normalized spacial score (nSPS) is 13.2. The molecule has 0 saturated heterocycles. The summed E-state index contributed by atoms with van der Waals surface area (Å²) in [4.78, 5) is 10.6. The molecule has 0 bridgehead atoms. The van der Waals surface area contributed by atoms with Crippen LogP contribution in [0.3, 0.4) is 0 Å². The van der Waals surface area contributed by atoms with Gasteiger partial charge < -0.3 is 9.47 Å². The van der Waals surface area contributed by atoms with Crippen molar-refractivity contribution in [2.45, 2.75) is 13.0 Å². The van der Waals surface area contributed by atoms with Gasteiger partial charge in [-0.25, -0.2) is 5.06 Å². The summed E-state index contributed by atoms with van der Waals surface area (Å²) in [7, 11) is -2.59. The van der Waals surface area contributed by atoms with E-state index in [-0.39, 0.29) is 18.1 Å². The number of hydrogen-bond acceptors (Lipinski definition) is 6. The first-order valence-corrected chi connectivity index (χ1v) is 8.48. The first kappa shape index (κ1) is 17.0. The van der Waals surface area contributed by atoms with Gasteiger partial charge in [0.1, 0.15) is 4.86 Å². The summed E-state index contributed by atoms with van der Waals surface area (Å²) in [6.45, 7) is 1.61. The number of carbonyl (C=O) groups excluding carboxylic acids is 1. The highest BCUT2D eigenvalue weighted by Crippen LogP contribution is 2.35. The first-order valence-electron chi connectivity index (χ1n) is 7.40. The molecule has 0 saturated carbocycles. The van der Waals surface area contributed by atoms with E-state index < -0.39 is 16.3 Å². The van der Waals surface area contributed by atoms with Gasteiger partial charge in [0, 0.05) is 0 Å². The van der Waals surface area contributed by atoms with Crippen LogP contribution in [0.1, 0.15) is 12.5 Å². The Hall–Kier alpha value is -2.84. The molecule has 1 N–H and O–H groups in total. The third-order valence-corrected chi connectivity index (χ3v) is 4.88. The van der Waals surface area contributed by atoms with E-state index in [0.717, 1.165) is 11.1 Å². The smallest absolute Gasteiger partial charge is 0.233 e. The molecule has 8 heteroatoms. The van der Waals surface area contributed by atoms with E-state index >= 15 is 0 Å². The third kappa shape index (κ3) is 3.35. The molecule has 1 heterocycles. The summed E-state index contributed by atoms with van der Waals surface area (Å²) < 4.78 is 33.7. The zero-order valence-electron chi connectivity index (χ0n) is 13.2. The molecule has 1 amide bonds. The minimum atomic E-state index is -2.59. The predicted molar refractivity (Wildman–Crippen MR) is 90.2 cm³/mol. The van der Waals surface area contributed by atoms with E-state index in [1.54, 1.807) is 24.3 Å². The van der Waals surface area contributed by atoms with Crippen LogP contribution in [0.5, 0.6) is 11.5 Å². The third-order valence-electron chi connectivity index (χ3n) is 3.94. The molecule has 1 aliphatic rings. The Labute approximate surface area is 145 Å². The number of hydrogen-bond donors (Lipinski definition) is 1. The summed E-state index contributed by atoms with van der Waals surface area (Å²) >= 11 is 0. The van der Waals surface area contributed by atoms with Crippen molar-refractivity contribution in [1.82, 2.24) is 5.06 Å². The molecule has 0 aliphatic carbocycles. The van der Waals surface area contributed by atoms with Gasteiger partial charge in [-0.2, -0.15) is 8.42 Å². The van der Waals surface area contributed by atoms with E-state index in [1.165, 1.54) is 6.92 Å². The van der Waals surface area contributed by atoms with Crippen molar-refractivity contribution in [2.24, 2.45) is 0 Å². The van der Waals surface area contributed by atoms with Crippen LogP contribution in [0.2, 0.25) is 0 Å². The van der Waals surface area contributed by atoms with Gasteiger partial charge >= 0.3 is 0 Å². The SMILES string of the molecule is CC(C(c1ccc(-c2ccc3c(c2)OCO3)cc1)=S(=O)=O)N(O)C=O. The lowest BCUT2D eigenvalue weighted by Crippen LogP contribution is -2.36. The molecule has 1 atom stereocenters. The molecule has 0 fully saturated rings. The quantitative estimate of drug-likeness (QED) is 0.287. The fourth-order valence-corrected chi connectivity index (χ4v) is 3.31. The van der Waals surface area contributed by atoms with Gasteiger partial charge in [0.2, 0.25) is 23.5 Å². The van der Waals surface area contributed by atoms with Crippen molar-refractivity contribution in [2.75, 3.05) is 6.79 Å². The van der Waals surface area contributed by atoms with Crippen LogP contribution < -0.4 is 9.47 Å². The number of ether oxygens (including phenoxy) is 2. The predicted octanol–water partition coefficient (Wildman–Crippen LogP) is 1.72. The van der Waals surface area contributed by atoms with Gasteiger partial charge in [0.25, 0.3) is 0 Å². The lowest BCUT2D eigenvalue weighted by molar-refractivity contribution is -0.152. The topological polar surface area (TPSA) is 93.1 Å². The molecule has 2 aromatic carbocycles. The molecule has 0 aromatic heterocycles. The fraction of sp³-hybridized carbons (Fsp3) is 0.176. The van der Waals surface area contributed by atoms with Gasteiger partial charge in [-0.15, -0.1) is 0 Å². The molecule has 1 aliphatic heterocycles. The maximum atomic E-state index is 11.5. The molecule has 0 spiro atoms. The van der Waals surface area contributed by atoms with Gasteiger partial charge in [0.15, 0.2) is 11.5 Å². The summed E-state index contributed by atoms with van der Waals surface area (Å²) in [6, 6.07) is 11.3. The monoisotopic (exact) mass is 361 g/mol. The second-order valence-corrected chi connectivity index (χ2v) is 6.31. The number of rotatable bonds is 5. The molecule has 3 rings (SSSR count). The molecular formula is C17H15NO6S. The Morgan fingerprint density at radius 1 is 1.12 bits per heavy atom. The molecule has 130 valence electrons. The summed E-state index contributed by atoms with van der Waals surface area (Å²) in [6.07, 6.45) is 0.165. The lowest BCUT2D eigenvalue weighted by atomic mass is 10.0. The minimum absolute atomic E-state index is 0.0770. The average molecular weight is 361 g/mol. The van der Waals surface area contributed by atoms with Crippen molar-refractivity contribution in [3.8, 4) is 22.6 Å². The maximum absolute atomic E-state index is 11.5. The Kier molecular flexibility index (Phi) is 4.73. The van der Waals surface area contributed by atoms with E-state index in [4.69, 9.17) is 9.47 Å². The van der Waals surface area contributed by atoms with Gasteiger partial charge in [-0.05, 0) is 35.7 Å². The van der Waals surface area contributed by atoms with Crippen LogP contribution in [-0.2, 0) is 15.1 Å². The molecule has 2 aromatic rings. The van der Waals surface area contributed by atoms with E-state index in [1.807, 2.05) is 18.2 Å². The Morgan fingerprint density at radius 3 is 2.40 bits per heavy atom. The summed E-state index contributed by atoms with van der Waals surface area (Å²) in [5.41, 5.74) is 2.15. The molecule has 0 radical (unpaired) electrons. The maximum Gasteiger partial charge on any atom is 0.233 e. The van der Waals surface area contributed by atoms with Crippen molar-refractivity contribution in [3.05, 3.63) is 48.0 Å². The zero-order valence-corrected chi connectivity index (χ0v) is 14.1. The van der Waals surface area contributed by atoms with Gasteiger partial charge in [-0.3, -0.25) is 10.0 Å². The molecule has 25 heavy (non-hydrogen) atoms. The Balaban J connectivity index is 1.94. The Bertz CT molecular complexity index is 928. The number of amides is 1. The summed E-state index contributed by atoms with van der Waals surface area (Å²) in [5.74, 6) is 1.34. The molecule has 1 unspecified atom stereocenters. The van der Waals surface area contributed by atoms with Crippen molar-refractivity contribution in [1.29, 1.82) is 0 Å². The van der Waals surface area contributed by atoms with Crippen LogP contribution >= 0.6 is 0 Å². The number of fused-ring (bicyclic) bond motifs is 1. The van der Waals surface area contributed by atoms with Gasteiger partial charge in [0.05, 0.1) is 6.04 Å². The Morgan fingerprint density at radius 2 is 1.76 bits per heavy atom. The largest absolute Gasteiger partial charge is 0.454 e. The van der Waals surface area contributed by atoms with Crippen molar-refractivity contribution in [3.63, 3.8) is 0 Å². The van der Waals surface area contributed by atoms with Crippen LogP contribution in [0.15, 0.2) is 42.5 Å². The van der Waals surface area contributed by atoms with Crippen molar-refractivity contribution >= 4 is 21.6 Å². The number of benzene rings is 2. The second kappa shape index (κ2) is 6.96.